The van der Waals surface area contributed by atoms with Crippen LogP contribution in [0.2, 0.25) is 0 Å². The first kappa shape index (κ1) is 18.4. The smallest absolute Gasteiger partial charge is 0.237 e. The molecule has 0 bridgehead atoms. The van der Waals surface area contributed by atoms with E-state index in [0.29, 0.717) is 12.6 Å². The molecular weight excluding hydrogens is 316 g/mol. The minimum atomic E-state index is -0.108. The van der Waals surface area contributed by atoms with Gasteiger partial charge >= 0.3 is 0 Å². The van der Waals surface area contributed by atoms with Gasteiger partial charge in [0.25, 0.3) is 0 Å². The highest BCUT2D eigenvalue weighted by molar-refractivity contribution is 5.81. The number of hydrogen-bond acceptors (Lipinski definition) is 4. The van der Waals surface area contributed by atoms with Gasteiger partial charge in [-0.15, -0.1) is 0 Å². The maximum Gasteiger partial charge on any atom is 0.237 e. The standard InChI is InChI=1S/C19H32N4O2/c1-14-11-15(2)23(21-14)13-17-7-4-5-9-22(17)16(3)19(24)20-12-18-8-6-10-25-18/h11,16-18H,4-10,12-13H2,1-3H3,(H,20,24)/t16-,17+,18+/m1/s1. The number of rotatable bonds is 6. The Kier molecular flexibility index (Phi) is 6.12. The van der Waals surface area contributed by atoms with Crippen molar-refractivity contribution < 1.29 is 9.53 Å². The number of aryl methyl sites for hydroxylation is 2. The summed E-state index contributed by atoms with van der Waals surface area (Å²) in [4.78, 5) is 15.0. The molecule has 2 fully saturated rings. The number of nitrogens with zero attached hydrogens (tertiary/aromatic N) is 3. The third-order valence-electron chi connectivity index (χ3n) is 5.56. The van der Waals surface area contributed by atoms with Crippen LogP contribution in [-0.2, 0) is 16.1 Å². The molecule has 2 aliphatic rings. The largest absolute Gasteiger partial charge is 0.376 e. The van der Waals surface area contributed by atoms with Gasteiger partial charge in [0, 0.05) is 24.9 Å². The lowest BCUT2D eigenvalue weighted by atomic mass is 9.99. The zero-order chi connectivity index (χ0) is 17.8. The molecule has 6 heteroatoms. The number of amides is 1. The molecule has 3 heterocycles. The Balaban J connectivity index is 1.58. The van der Waals surface area contributed by atoms with Crippen molar-refractivity contribution in [3.8, 4) is 0 Å². The van der Waals surface area contributed by atoms with Crippen LogP contribution in [0.1, 0.15) is 50.4 Å². The van der Waals surface area contributed by atoms with Gasteiger partial charge in [-0.25, -0.2) is 0 Å². The van der Waals surface area contributed by atoms with E-state index < -0.39 is 0 Å². The molecule has 2 saturated heterocycles. The molecule has 1 aromatic heterocycles. The summed E-state index contributed by atoms with van der Waals surface area (Å²) in [7, 11) is 0. The van der Waals surface area contributed by atoms with Crippen molar-refractivity contribution in [2.45, 2.75) is 77.6 Å². The molecular formula is C19H32N4O2. The summed E-state index contributed by atoms with van der Waals surface area (Å²) in [5.41, 5.74) is 2.25. The van der Waals surface area contributed by atoms with E-state index in [1.807, 2.05) is 13.8 Å². The summed E-state index contributed by atoms with van der Waals surface area (Å²) in [6.45, 7) is 9.48. The van der Waals surface area contributed by atoms with Gasteiger partial charge in [-0.2, -0.15) is 5.10 Å². The topological polar surface area (TPSA) is 59.4 Å². The second-order valence-corrected chi connectivity index (χ2v) is 7.55. The second-order valence-electron chi connectivity index (χ2n) is 7.55. The van der Waals surface area contributed by atoms with Crippen molar-refractivity contribution in [3.05, 3.63) is 17.5 Å². The Bertz CT molecular complexity index is 580. The lowest BCUT2D eigenvalue weighted by Gasteiger charge is -2.39. The third kappa shape index (κ3) is 4.61. The fourth-order valence-corrected chi connectivity index (χ4v) is 4.11. The third-order valence-corrected chi connectivity index (χ3v) is 5.56. The van der Waals surface area contributed by atoms with Crippen molar-refractivity contribution in [2.75, 3.05) is 19.7 Å². The van der Waals surface area contributed by atoms with Crippen LogP contribution in [0.4, 0.5) is 0 Å². The molecule has 25 heavy (non-hydrogen) atoms. The van der Waals surface area contributed by atoms with E-state index in [2.05, 4.69) is 33.0 Å². The molecule has 6 nitrogen and oxygen atoms in total. The number of nitrogens with one attached hydrogen (secondary N) is 1. The van der Waals surface area contributed by atoms with Crippen LogP contribution in [0.3, 0.4) is 0 Å². The van der Waals surface area contributed by atoms with Crippen molar-refractivity contribution in [2.24, 2.45) is 0 Å². The minimum Gasteiger partial charge on any atom is -0.376 e. The molecule has 0 spiro atoms. The van der Waals surface area contributed by atoms with Crippen molar-refractivity contribution in [1.29, 1.82) is 0 Å². The van der Waals surface area contributed by atoms with Gasteiger partial charge in [-0.3, -0.25) is 14.4 Å². The molecule has 140 valence electrons. The molecule has 2 aliphatic heterocycles. The molecule has 0 saturated carbocycles. The van der Waals surface area contributed by atoms with Crippen LogP contribution in [0, 0.1) is 13.8 Å². The van der Waals surface area contributed by atoms with Gasteiger partial charge in [0.2, 0.25) is 5.91 Å². The van der Waals surface area contributed by atoms with Crippen molar-refractivity contribution in [1.82, 2.24) is 20.0 Å². The maximum atomic E-state index is 12.6. The summed E-state index contributed by atoms with van der Waals surface area (Å²) in [5.74, 6) is 0.121. The number of piperidine rings is 1. The predicted molar refractivity (Wildman–Crippen MR) is 97.5 cm³/mol. The van der Waals surface area contributed by atoms with E-state index in [9.17, 15) is 4.79 Å². The van der Waals surface area contributed by atoms with Crippen molar-refractivity contribution >= 4 is 5.91 Å². The molecule has 0 aliphatic carbocycles. The van der Waals surface area contributed by atoms with Crippen LogP contribution in [0.25, 0.3) is 0 Å². The van der Waals surface area contributed by atoms with Crippen LogP contribution in [0.15, 0.2) is 6.07 Å². The van der Waals surface area contributed by atoms with Crippen LogP contribution in [-0.4, -0.2) is 58.5 Å². The molecule has 3 rings (SSSR count). The zero-order valence-electron chi connectivity index (χ0n) is 15.8. The van der Waals surface area contributed by atoms with E-state index in [1.54, 1.807) is 0 Å². The number of ether oxygens (including phenoxy) is 1. The lowest BCUT2D eigenvalue weighted by molar-refractivity contribution is -0.128. The average molecular weight is 348 g/mol. The van der Waals surface area contributed by atoms with Gasteiger partial charge in [-0.1, -0.05) is 6.42 Å². The number of carbonyl (C=O) groups excluding carboxylic acids is 1. The summed E-state index contributed by atoms with van der Waals surface area (Å²) in [6.07, 6.45) is 5.87. The van der Waals surface area contributed by atoms with Crippen molar-refractivity contribution in [3.63, 3.8) is 0 Å². The Labute approximate surface area is 150 Å². The highest BCUT2D eigenvalue weighted by Crippen LogP contribution is 2.22. The highest BCUT2D eigenvalue weighted by atomic mass is 16.5. The molecule has 3 atom stereocenters. The Morgan fingerprint density at radius 2 is 2.20 bits per heavy atom. The molecule has 1 aromatic rings. The summed E-state index contributed by atoms with van der Waals surface area (Å²) >= 11 is 0. The normalized spacial score (nSPS) is 25.9. The minimum absolute atomic E-state index is 0.108. The SMILES string of the molecule is Cc1cc(C)n(C[C@@H]2CCCCN2[C@H](C)C(=O)NC[C@@H]2CCCO2)n1. The summed E-state index contributed by atoms with van der Waals surface area (Å²) in [5, 5.41) is 7.70. The van der Waals surface area contributed by atoms with Crippen LogP contribution < -0.4 is 5.32 Å². The Morgan fingerprint density at radius 1 is 1.36 bits per heavy atom. The van der Waals surface area contributed by atoms with Gasteiger partial charge in [0.05, 0.1) is 24.4 Å². The molecule has 0 unspecified atom stereocenters. The molecule has 1 amide bonds. The van der Waals surface area contributed by atoms with E-state index in [4.69, 9.17) is 4.74 Å². The van der Waals surface area contributed by atoms with E-state index in [0.717, 1.165) is 51.1 Å². The predicted octanol–water partition coefficient (Wildman–Crippen LogP) is 2.04. The van der Waals surface area contributed by atoms with Gasteiger partial charge in [0.1, 0.15) is 0 Å². The van der Waals surface area contributed by atoms with Crippen LogP contribution in [0.5, 0.6) is 0 Å². The Morgan fingerprint density at radius 3 is 2.88 bits per heavy atom. The average Bonchev–Trinajstić information content (AvgIpc) is 3.22. The number of likely N-dealkylation sites (tertiary alicyclic amines) is 1. The summed E-state index contributed by atoms with van der Waals surface area (Å²) in [6, 6.07) is 2.38. The first-order chi connectivity index (χ1) is 12.0. The number of carbonyl (C=O) groups is 1. The fourth-order valence-electron chi connectivity index (χ4n) is 4.11. The highest BCUT2D eigenvalue weighted by Gasteiger charge is 2.31. The van der Waals surface area contributed by atoms with Gasteiger partial charge < -0.3 is 10.1 Å². The molecule has 0 radical (unpaired) electrons. The first-order valence-electron chi connectivity index (χ1n) is 9.70. The molecule has 1 N–H and O–H groups in total. The van der Waals surface area contributed by atoms with E-state index in [1.165, 1.54) is 12.1 Å². The fraction of sp³-hybridized carbons (Fsp3) is 0.789. The lowest BCUT2D eigenvalue weighted by Crippen LogP contribution is -2.53. The Hall–Kier alpha value is -1.40. The monoisotopic (exact) mass is 348 g/mol. The van der Waals surface area contributed by atoms with Crippen LogP contribution >= 0.6 is 0 Å². The van der Waals surface area contributed by atoms with E-state index in [-0.39, 0.29) is 18.1 Å². The van der Waals surface area contributed by atoms with Gasteiger partial charge in [0.15, 0.2) is 0 Å². The summed E-state index contributed by atoms with van der Waals surface area (Å²) < 4.78 is 7.70. The quantitative estimate of drug-likeness (QED) is 0.855. The maximum absolute atomic E-state index is 12.6. The molecule has 0 aromatic carbocycles. The second kappa shape index (κ2) is 8.32. The van der Waals surface area contributed by atoms with Gasteiger partial charge in [-0.05, 0) is 59.1 Å². The first-order valence-corrected chi connectivity index (χ1v) is 9.70. The number of hydrogen-bond donors (Lipinski definition) is 1. The zero-order valence-corrected chi connectivity index (χ0v) is 15.8. The van der Waals surface area contributed by atoms with E-state index >= 15 is 0 Å². The number of aromatic nitrogens is 2.